The topological polar surface area (TPSA) is 164 Å². The third-order valence-corrected chi connectivity index (χ3v) is 4.17. The molecule has 2 amide bonds. The summed E-state index contributed by atoms with van der Waals surface area (Å²) in [6.45, 7) is -1.06. The van der Waals surface area contributed by atoms with Crippen LogP contribution in [0.3, 0.4) is 0 Å². The number of ether oxygens (including phenoxy) is 1. The number of anilines is 1. The summed E-state index contributed by atoms with van der Waals surface area (Å²) in [4.78, 5) is 23.1. The van der Waals surface area contributed by atoms with Gasteiger partial charge in [-0.25, -0.2) is 4.68 Å². The molecule has 0 aromatic carbocycles. The normalized spacial score (nSPS) is 26.1. The summed E-state index contributed by atoms with van der Waals surface area (Å²) < 4.78 is 43.3. The van der Waals surface area contributed by atoms with Crippen molar-refractivity contribution in [1.29, 1.82) is 0 Å². The molecule has 1 aromatic rings. The molecule has 0 radical (unpaired) electrons. The van der Waals surface area contributed by atoms with Crippen molar-refractivity contribution in [2.75, 3.05) is 18.5 Å². The molecule has 1 fully saturated rings. The molecule has 11 nitrogen and oxygen atoms in total. The Labute approximate surface area is 161 Å². The highest BCUT2D eigenvalue weighted by atomic mass is 19.4. The van der Waals surface area contributed by atoms with Crippen molar-refractivity contribution in [3.63, 3.8) is 0 Å². The monoisotopic (exact) mass is 418 g/mol. The van der Waals surface area contributed by atoms with Gasteiger partial charge in [-0.05, 0) is 5.92 Å². The molecule has 3 heterocycles. The molecule has 0 saturated carbocycles. The van der Waals surface area contributed by atoms with Crippen LogP contribution in [0.2, 0.25) is 0 Å². The van der Waals surface area contributed by atoms with Gasteiger partial charge in [0.15, 0.2) is 18.2 Å². The van der Waals surface area contributed by atoms with Crippen LogP contribution < -0.4 is 21.7 Å². The number of nitrogens with one attached hydrogen (secondary N) is 3. The number of rotatable bonds is 3. The molecule has 29 heavy (non-hydrogen) atoms. The average molecular weight is 418 g/mol. The molecule has 0 bridgehead atoms. The number of aromatic nitrogens is 2. The molecule has 1 aromatic heterocycles. The Balaban J connectivity index is 1.86. The number of alkyl halides is 3. The molecular weight excluding hydrogens is 401 g/mol. The Morgan fingerprint density at radius 3 is 2.79 bits per heavy atom. The van der Waals surface area contributed by atoms with Crippen LogP contribution in [-0.4, -0.2) is 69.6 Å². The van der Waals surface area contributed by atoms with E-state index in [1.54, 1.807) is 5.32 Å². The van der Waals surface area contributed by atoms with E-state index < -0.39 is 55.9 Å². The molecule has 0 spiro atoms. The average Bonchev–Trinajstić information content (AvgIpc) is 3.17. The van der Waals surface area contributed by atoms with Crippen molar-refractivity contribution >= 4 is 17.6 Å². The first-order valence-electron chi connectivity index (χ1n) is 8.35. The fraction of sp³-hybridized carbons (Fsp3) is 0.533. The van der Waals surface area contributed by atoms with Gasteiger partial charge >= 0.3 is 12.1 Å². The van der Waals surface area contributed by atoms with Crippen LogP contribution in [-0.2, 0) is 9.53 Å². The van der Waals surface area contributed by atoms with E-state index in [2.05, 4.69) is 27.6 Å². The predicted molar refractivity (Wildman–Crippen MR) is 88.9 cm³/mol. The van der Waals surface area contributed by atoms with Crippen LogP contribution in [0.4, 0.5) is 19.0 Å². The van der Waals surface area contributed by atoms with E-state index in [0.717, 1.165) is 0 Å². The van der Waals surface area contributed by atoms with Crippen molar-refractivity contribution in [2.24, 2.45) is 5.73 Å². The Morgan fingerprint density at radius 1 is 1.45 bits per heavy atom. The summed E-state index contributed by atoms with van der Waals surface area (Å²) in [6, 6.07) is 0. The van der Waals surface area contributed by atoms with Gasteiger partial charge in [-0.15, -0.1) is 0 Å². The lowest BCUT2D eigenvalue weighted by atomic mass is 10.1. The van der Waals surface area contributed by atoms with Gasteiger partial charge in [-0.1, -0.05) is 5.92 Å². The van der Waals surface area contributed by atoms with E-state index in [-0.39, 0.29) is 23.5 Å². The third kappa shape index (κ3) is 4.27. The molecule has 2 aliphatic rings. The Morgan fingerprint density at radius 2 is 2.17 bits per heavy atom. The zero-order valence-electron chi connectivity index (χ0n) is 14.7. The van der Waals surface area contributed by atoms with Crippen molar-refractivity contribution in [3.05, 3.63) is 11.3 Å². The highest BCUT2D eigenvalue weighted by molar-refractivity contribution is 6.02. The zero-order chi connectivity index (χ0) is 21.3. The second-order valence-electron chi connectivity index (χ2n) is 6.21. The van der Waals surface area contributed by atoms with Crippen LogP contribution >= 0.6 is 0 Å². The number of aliphatic hydroxyl groups is 2. The number of hydrogen-bond donors (Lipinski definition) is 6. The second kappa shape index (κ2) is 7.87. The van der Waals surface area contributed by atoms with Gasteiger partial charge < -0.3 is 30.9 Å². The number of nitrogens with zero attached hydrogens (tertiary/aromatic N) is 2. The van der Waals surface area contributed by atoms with E-state index in [1.165, 1.54) is 4.68 Å². The second-order valence-corrected chi connectivity index (χ2v) is 6.21. The molecule has 2 unspecified atom stereocenters. The van der Waals surface area contributed by atoms with Crippen LogP contribution in [0.1, 0.15) is 28.7 Å². The maximum Gasteiger partial charge on any atom is 0.471 e. The minimum absolute atomic E-state index is 0.0214. The van der Waals surface area contributed by atoms with Gasteiger partial charge in [-0.3, -0.25) is 15.3 Å². The van der Waals surface area contributed by atoms with Gasteiger partial charge in [0, 0.05) is 6.42 Å². The summed E-state index contributed by atoms with van der Waals surface area (Å²) in [5.41, 5.74) is 5.57. The number of fused-ring (bicyclic) bond motifs is 1. The van der Waals surface area contributed by atoms with E-state index in [4.69, 9.17) is 10.5 Å². The smallest absolute Gasteiger partial charge is 0.394 e. The van der Waals surface area contributed by atoms with Crippen LogP contribution in [0, 0.1) is 11.8 Å². The third-order valence-electron chi connectivity index (χ3n) is 4.17. The summed E-state index contributed by atoms with van der Waals surface area (Å²) in [5.74, 6) is 2.09. The van der Waals surface area contributed by atoms with Crippen molar-refractivity contribution < 1.29 is 37.7 Å². The van der Waals surface area contributed by atoms with Crippen LogP contribution in [0.15, 0.2) is 0 Å². The lowest BCUT2D eigenvalue weighted by Crippen LogP contribution is -2.51. The molecular formula is C15H17F3N6O5. The number of carbonyl (C=O) groups is 2. The largest absolute Gasteiger partial charge is 0.471 e. The lowest BCUT2D eigenvalue weighted by molar-refractivity contribution is -0.173. The number of amides is 2. The Kier molecular flexibility index (Phi) is 5.66. The molecule has 158 valence electrons. The first kappa shape index (κ1) is 20.9. The first-order chi connectivity index (χ1) is 13.6. The number of nitrogens with two attached hydrogens (primary N) is 1. The zero-order valence-corrected chi connectivity index (χ0v) is 14.7. The Hall–Kier alpha value is -2.86. The molecule has 3 rings (SSSR count). The van der Waals surface area contributed by atoms with Gasteiger partial charge in [-0.2, -0.15) is 18.3 Å². The van der Waals surface area contributed by atoms with E-state index in [1.807, 2.05) is 0 Å². The van der Waals surface area contributed by atoms with Gasteiger partial charge in [0.25, 0.3) is 5.91 Å². The van der Waals surface area contributed by atoms with Gasteiger partial charge in [0.2, 0.25) is 0 Å². The predicted octanol–water partition coefficient (Wildman–Crippen LogP) is -2.05. The maximum atomic E-state index is 12.3. The SMILES string of the molecule is NC1NC(=O)c2c(C#CCNC(=O)C(F)(F)F)nn([C@H]3CC(O)[C@@H](CO)O3)c2N1. The molecule has 1 saturated heterocycles. The lowest BCUT2D eigenvalue weighted by Gasteiger charge is -2.24. The fourth-order valence-corrected chi connectivity index (χ4v) is 2.86. The molecule has 14 heteroatoms. The summed E-state index contributed by atoms with van der Waals surface area (Å²) in [7, 11) is 0. The highest BCUT2D eigenvalue weighted by Crippen LogP contribution is 2.34. The standard InChI is InChI=1S/C15H17F3N6O5/c16-15(17,18)13(28)20-3-1-2-6-10-11(21-14(19)22-12(10)27)24(23-6)9-4-7(26)8(5-25)29-9/h7-9,14,21,25-26H,3-5,19H2,(H,20,28)(H,22,27)/t7?,8-,9-,14?/m1/s1. The molecule has 4 atom stereocenters. The summed E-state index contributed by atoms with van der Waals surface area (Å²) in [6.07, 6.45) is -8.58. The summed E-state index contributed by atoms with van der Waals surface area (Å²) >= 11 is 0. The minimum Gasteiger partial charge on any atom is -0.394 e. The number of hydrogen-bond acceptors (Lipinski definition) is 8. The molecule has 0 aliphatic carbocycles. The minimum atomic E-state index is -5.04. The van der Waals surface area contributed by atoms with Crippen molar-refractivity contribution in [2.45, 2.75) is 37.3 Å². The van der Waals surface area contributed by atoms with Crippen molar-refractivity contribution in [3.8, 4) is 11.8 Å². The highest BCUT2D eigenvalue weighted by Gasteiger charge is 2.40. The van der Waals surface area contributed by atoms with Crippen LogP contribution in [0.25, 0.3) is 0 Å². The number of halogens is 3. The molecule has 2 aliphatic heterocycles. The van der Waals surface area contributed by atoms with E-state index in [9.17, 15) is 33.0 Å². The molecule has 7 N–H and O–H groups in total. The van der Waals surface area contributed by atoms with Crippen molar-refractivity contribution in [1.82, 2.24) is 20.4 Å². The van der Waals surface area contributed by atoms with E-state index >= 15 is 0 Å². The van der Waals surface area contributed by atoms with Gasteiger partial charge in [0.1, 0.15) is 17.5 Å². The number of aliphatic hydroxyl groups excluding tert-OH is 2. The quantitative estimate of drug-likeness (QED) is 0.306. The van der Waals surface area contributed by atoms with Crippen LogP contribution in [0.5, 0.6) is 0 Å². The van der Waals surface area contributed by atoms with E-state index in [0.29, 0.717) is 0 Å². The summed E-state index contributed by atoms with van der Waals surface area (Å²) in [5, 5.41) is 30.0. The maximum absolute atomic E-state index is 12.3. The Bertz CT molecular complexity index is 876. The first-order valence-corrected chi connectivity index (χ1v) is 8.35. The van der Waals surface area contributed by atoms with Gasteiger partial charge in [0.05, 0.1) is 19.3 Å². The fourth-order valence-electron chi connectivity index (χ4n) is 2.86. The number of carbonyl (C=O) groups excluding carboxylic acids is 2.